The van der Waals surface area contributed by atoms with Gasteiger partial charge in [0.25, 0.3) is 0 Å². The summed E-state index contributed by atoms with van der Waals surface area (Å²) in [5, 5.41) is 0. The van der Waals surface area contributed by atoms with Gasteiger partial charge in [0, 0.05) is 19.6 Å². The molecule has 1 aliphatic heterocycles. The van der Waals surface area contributed by atoms with Crippen molar-refractivity contribution in [1.29, 1.82) is 0 Å². The molecule has 0 spiro atoms. The molecule has 1 unspecified atom stereocenters. The van der Waals surface area contributed by atoms with E-state index >= 15 is 0 Å². The normalized spacial score (nSPS) is 17.7. The molecule has 0 aromatic heterocycles. The van der Waals surface area contributed by atoms with E-state index in [-0.39, 0.29) is 16.7 Å². The van der Waals surface area contributed by atoms with Crippen LogP contribution >= 0.6 is 0 Å². The van der Waals surface area contributed by atoms with Gasteiger partial charge < -0.3 is 8.92 Å². The standard InChI is InChI=1S/C23H23NO4S/c25-29(26,22-9-5-2-6-10-22)28-21-13-11-20(12-14-21)23-18-24(15-16-27-23)17-19-7-3-1-4-8-19/h1-14,23H,15-18H2. The van der Waals surface area contributed by atoms with Crippen molar-refractivity contribution < 1.29 is 17.3 Å². The molecule has 3 aromatic rings. The van der Waals surface area contributed by atoms with E-state index in [4.69, 9.17) is 8.92 Å². The minimum atomic E-state index is -3.83. The number of benzene rings is 3. The van der Waals surface area contributed by atoms with E-state index in [1.807, 2.05) is 18.2 Å². The van der Waals surface area contributed by atoms with E-state index in [0.717, 1.165) is 25.2 Å². The highest BCUT2D eigenvalue weighted by Gasteiger charge is 2.22. The molecule has 1 fully saturated rings. The number of hydrogen-bond donors (Lipinski definition) is 0. The Morgan fingerprint density at radius 1 is 0.897 bits per heavy atom. The lowest BCUT2D eigenvalue weighted by atomic mass is 10.1. The predicted molar refractivity (Wildman–Crippen MR) is 111 cm³/mol. The van der Waals surface area contributed by atoms with Crippen LogP contribution < -0.4 is 4.18 Å². The number of morpholine rings is 1. The molecule has 1 aliphatic rings. The largest absolute Gasteiger partial charge is 0.379 e. The highest BCUT2D eigenvalue weighted by molar-refractivity contribution is 7.87. The average Bonchev–Trinajstić information content (AvgIpc) is 2.76. The van der Waals surface area contributed by atoms with Crippen molar-refractivity contribution in [3.8, 4) is 5.75 Å². The first kappa shape index (κ1) is 19.6. The van der Waals surface area contributed by atoms with E-state index in [2.05, 4.69) is 29.2 Å². The maximum atomic E-state index is 12.4. The fraction of sp³-hybridized carbons (Fsp3) is 0.217. The Kier molecular flexibility index (Phi) is 5.94. The quantitative estimate of drug-likeness (QED) is 0.576. The van der Waals surface area contributed by atoms with E-state index in [0.29, 0.717) is 6.61 Å². The van der Waals surface area contributed by atoms with Crippen molar-refractivity contribution in [2.24, 2.45) is 0 Å². The molecule has 5 nitrogen and oxygen atoms in total. The molecule has 1 heterocycles. The van der Waals surface area contributed by atoms with Crippen LogP contribution in [-0.4, -0.2) is 33.0 Å². The van der Waals surface area contributed by atoms with Gasteiger partial charge in [-0.15, -0.1) is 0 Å². The summed E-state index contributed by atoms with van der Waals surface area (Å²) in [6.45, 7) is 3.23. The first-order valence-corrected chi connectivity index (χ1v) is 11.0. The van der Waals surface area contributed by atoms with Gasteiger partial charge in [-0.25, -0.2) is 0 Å². The zero-order chi connectivity index (χ0) is 20.1. The van der Waals surface area contributed by atoms with E-state index in [9.17, 15) is 8.42 Å². The third kappa shape index (κ3) is 5.03. The van der Waals surface area contributed by atoms with Gasteiger partial charge in [0.1, 0.15) is 10.6 Å². The molecule has 1 saturated heterocycles. The second-order valence-corrected chi connectivity index (χ2v) is 8.55. The topological polar surface area (TPSA) is 55.8 Å². The summed E-state index contributed by atoms with van der Waals surface area (Å²) in [5.74, 6) is 0.287. The predicted octanol–water partition coefficient (Wildman–Crippen LogP) is 4.03. The molecule has 0 saturated carbocycles. The van der Waals surface area contributed by atoms with Crippen LogP contribution in [0.3, 0.4) is 0 Å². The van der Waals surface area contributed by atoms with Crippen LogP contribution in [0.1, 0.15) is 17.2 Å². The smallest absolute Gasteiger partial charge is 0.339 e. The Morgan fingerprint density at radius 2 is 1.55 bits per heavy atom. The molecule has 0 N–H and O–H groups in total. The van der Waals surface area contributed by atoms with Crippen molar-refractivity contribution in [1.82, 2.24) is 4.90 Å². The van der Waals surface area contributed by atoms with Crippen molar-refractivity contribution in [3.05, 3.63) is 96.1 Å². The summed E-state index contributed by atoms with van der Waals surface area (Å²) in [6.07, 6.45) is -0.0488. The highest BCUT2D eigenvalue weighted by atomic mass is 32.2. The van der Waals surface area contributed by atoms with Gasteiger partial charge in [0.15, 0.2) is 0 Å². The lowest BCUT2D eigenvalue weighted by molar-refractivity contribution is -0.0329. The molecule has 150 valence electrons. The molecule has 4 rings (SSSR count). The second-order valence-electron chi connectivity index (χ2n) is 7.00. The summed E-state index contributed by atoms with van der Waals surface area (Å²) < 4.78 is 35.9. The van der Waals surface area contributed by atoms with E-state index in [1.54, 1.807) is 30.3 Å². The fourth-order valence-electron chi connectivity index (χ4n) is 3.39. The minimum absolute atomic E-state index is 0.0488. The lowest BCUT2D eigenvalue weighted by Crippen LogP contribution is -2.37. The Balaban J connectivity index is 1.41. The molecular weight excluding hydrogens is 386 g/mol. The Hall–Kier alpha value is -2.67. The molecular formula is C23H23NO4S. The molecule has 0 bridgehead atoms. The third-order valence-corrected chi connectivity index (χ3v) is 6.15. The Labute approximate surface area is 171 Å². The highest BCUT2D eigenvalue weighted by Crippen LogP contribution is 2.26. The molecule has 1 atom stereocenters. The summed E-state index contributed by atoms with van der Waals surface area (Å²) in [7, 11) is -3.83. The number of ether oxygens (including phenoxy) is 1. The van der Waals surface area contributed by atoms with Gasteiger partial charge in [-0.1, -0.05) is 60.7 Å². The van der Waals surface area contributed by atoms with Gasteiger partial charge in [0.05, 0.1) is 12.7 Å². The van der Waals surface area contributed by atoms with Crippen LogP contribution in [-0.2, 0) is 21.4 Å². The van der Waals surface area contributed by atoms with Gasteiger partial charge in [-0.3, -0.25) is 4.90 Å². The molecule has 0 aliphatic carbocycles. The molecule has 6 heteroatoms. The van der Waals surface area contributed by atoms with Gasteiger partial charge >= 0.3 is 10.1 Å². The molecule has 3 aromatic carbocycles. The van der Waals surface area contributed by atoms with Crippen molar-refractivity contribution in [2.45, 2.75) is 17.5 Å². The van der Waals surface area contributed by atoms with E-state index in [1.165, 1.54) is 17.7 Å². The van der Waals surface area contributed by atoms with Gasteiger partial charge in [0.2, 0.25) is 0 Å². The molecule has 0 radical (unpaired) electrons. The van der Waals surface area contributed by atoms with Crippen LogP contribution in [0.5, 0.6) is 5.75 Å². The van der Waals surface area contributed by atoms with Gasteiger partial charge in [-0.2, -0.15) is 8.42 Å². The van der Waals surface area contributed by atoms with Crippen LogP contribution in [0.4, 0.5) is 0 Å². The second kappa shape index (κ2) is 8.78. The monoisotopic (exact) mass is 409 g/mol. The van der Waals surface area contributed by atoms with Crippen molar-refractivity contribution >= 4 is 10.1 Å². The Morgan fingerprint density at radius 3 is 2.24 bits per heavy atom. The van der Waals surface area contributed by atoms with Crippen LogP contribution in [0.25, 0.3) is 0 Å². The maximum Gasteiger partial charge on any atom is 0.339 e. The third-order valence-electron chi connectivity index (χ3n) is 4.89. The number of hydrogen-bond acceptors (Lipinski definition) is 5. The van der Waals surface area contributed by atoms with E-state index < -0.39 is 10.1 Å². The summed E-state index contributed by atoms with van der Waals surface area (Å²) in [4.78, 5) is 2.50. The minimum Gasteiger partial charge on any atom is -0.379 e. The summed E-state index contributed by atoms with van der Waals surface area (Å²) in [6, 6.07) is 25.6. The SMILES string of the molecule is O=S(=O)(Oc1ccc(C2CN(Cc3ccccc3)CCO2)cc1)c1ccccc1. The Bertz CT molecular complexity index is 1020. The summed E-state index contributed by atoms with van der Waals surface area (Å²) >= 11 is 0. The first-order valence-electron chi connectivity index (χ1n) is 9.57. The zero-order valence-electron chi connectivity index (χ0n) is 16.0. The number of rotatable bonds is 6. The molecule has 0 amide bonds. The van der Waals surface area contributed by atoms with Crippen molar-refractivity contribution in [3.63, 3.8) is 0 Å². The summed E-state index contributed by atoms with van der Waals surface area (Å²) in [5.41, 5.74) is 2.29. The zero-order valence-corrected chi connectivity index (χ0v) is 16.8. The van der Waals surface area contributed by atoms with Crippen LogP contribution in [0.2, 0.25) is 0 Å². The van der Waals surface area contributed by atoms with Crippen molar-refractivity contribution in [2.75, 3.05) is 19.7 Å². The van der Waals surface area contributed by atoms with Crippen LogP contribution in [0.15, 0.2) is 89.8 Å². The number of nitrogens with zero attached hydrogens (tertiary/aromatic N) is 1. The van der Waals surface area contributed by atoms with Gasteiger partial charge in [-0.05, 0) is 35.4 Å². The maximum absolute atomic E-state index is 12.4. The lowest BCUT2D eigenvalue weighted by Gasteiger charge is -2.33. The molecule has 29 heavy (non-hydrogen) atoms. The average molecular weight is 410 g/mol. The fourth-order valence-corrected chi connectivity index (χ4v) is 4.34. The van der Waals surface area contributed by atoms with Crippen LogP contribution in [0, 0.1) is 0 Å². The first-order chi connectivity index (χ1) is 14.1.